The lowest BCUT2D eigenvalue weighted by Crippen LogP contribution is -2.29. The van der Waals surface area contributed by atoms with Gasteiger partial charge in [0.25, 0.3) is 0 Å². The number of alkyl halides is 3. The molecule has 0 fully saturated rings. The molecule has 0 saturated heterocycles. The van der Waals surface area contributed by atoms with E-state index in [1.165, 1.54) is 25.3 Å². The summed E-state index contributed by atoms with van der Waals surface area (Å²) in [4.78, 5) is 11.4. The molecular weight excluding hydrogens is 325 g/mol. The Labute approximate surface area is 136 Å². The molecule has 1 N–H and O–H groups in total. The van der Waals surface area contributed by atoms with E-state index in [9.17, 15) is 23.1 Å². The van der Waals surface area contributed by atoms with Gasteiger partial charge in [-0.05, 0) is 23.8 Å². The van der Waals surface area contributed by atoms with Crippen LogP contribution in [-0.4, -0.2) is 24.3 Å². The third kappa shape index (κ3) is 4.65. The maximum atomic E-state index is 12.7. The molecule has 0 radical (unpaired) electrons. The van der Waals surface area contributed by atoms with Gasteiger partial charge in [-0.15, -0.1) is 0 Å². The van der Waals surface area contributed by atoms with E-state index < -0.39 is 23.8 Å². The van der Waals surface area contributed by atoms with Crippen LogP contribution < -0.4 is 9.47 Å². The molecule has 24 heavy (non-hydrogen) atoms. The van der Waals surface area contributed by atoms with Gasteiger partial charge >= 0.3 is 12.1 Å². The number of methoxy groups -OCH3 is 1. The van der Waals surface area contributed by atoms with Gasteiger partial charge in [0.15, 0.2) is 6.10 Å². The minimum absolute atomic E-state index is 0.198. The fourth-order valence-electron chi connectivity index (χ4n) is 2.11. The molecule has 0 aliphatic rings. The predicted octanol–water partition coefficient (Wildman–Crippen LogP) is 3.79. The topological polar surface area (TPSA) is 55.8 Å². The van der Waals surface area contributed by atoms with Gasteiger partial charge in [-0.25, -0.2) is 4.79 Å². The van der Waals surface area contributed by atoms with Crippen molar-refractivity contribution < 1.29 is 32.5 Å². The van der Waals surface area contributed by atoms with E-state index in [2.05, 4.69) is 0 Å². The molecule has 128 valence electrons. The van der Waals surface area contributed by atoms with Gasteiger partial charge in [0.1, 0.15) is 11.5 Å². The summed E-state index contributed by atoms with van der Waals surface area (Å²) in [6.07, 6.45) is -6.00. The lowest BCUT2D eigenvalue weighted by molar-refractivity contribution is -0.145. The highest BCUT2D eigenvalue weighted by Gasteiger charge is 2.31. The van der Waals surface area contributed by atoms with Gasteiger partial charge in [0.2, 0.25) is 0 Å². The fourth-order valence-corrected chi connectivity index (χ4v) is 2.11. The first-order chi connectivity index (χ1) is 11.3. The van der Waals surface area contributed by atoms with Crippen LogP contribution in [0.4, 0.5) is 13.2 Å². The van der Waals surface area contributed by atoms with Crippen molar-refractivity contribution in [3.8, 4) is 11.5 Å². The summed E-state index contributed by atoms with van der Waals surface area (Å²) in [7, 11) is 1.45. The molecule has 1 atom stereocenters. The van der Waals surface area contributed by atoms with Gasteiger partial charge < -0.3 is 14.6 Å². The first kappa shape index (κ1) is 17.7. The quantitative estimate of drug-likeness (QED) is 0.869. The van der Waals surface area contributed by atoms with Crippen LogP contribution in [0.3, 0.4) is 0 Å². The molecule has 0 aliphatic heterocycles. The minimum Gasteiger partial charge on any atom is -0.497 e. The molecule has 2 rings (SSSR count). The van der Waals surface area contributed by atoms with Crippen LogP contribution in [0.5, 0.6) is 11.5 Å². The molecule has 2 aromatic carbocycles. The third-order valence-electron chi connectivity index (χ3n) is 3.27. The average Bonchev–Trinajstić information content (AvgIpc) is 2.54. The van der Waals surface area contributed by atoms with Crippen molar-refractivity contribution in [2.75, 3.05) is 7.11 Å². The van der Waals surface area contributed by atoms with E-state index in [-0.39, 0.29) is 17.7 Å². The van der Waals surface area contributed by atoms with Crippen molar-refractivity contribution in [3.05, 3.63) is 59.7 Å². The van der Waals surface area contributed by atoms with Crippen molar-refractivity contribution in [2.45, 2.75) is 18.7 Å². The molecule has 1 unspecified atom stereocenters. The molecule has 0 bridgehead atoms. The summed E-state index contributed by atoms with van der Waals surface area (Å²) in [6, 6.07) is 10.9. The van der Waals surface area contributed by atoms with Crippen molar-refractivity contribution >= 4 is 5.97 Å². The molecule has 0 aromatic heterocycles. The number of aliphatic carboxylic acids is 1. The molecular formula is C17H15F3O4. The van der Waals surface area contributed by atoms with Gasteiger partial charge in [-0.2, -0.15) is 13.2 Å². The Kier molecular flexibility index (Phi) is 5.33. The third-order valence-corrected chi connectivity index (χ3v) is 3.27. The second-order valence-electron chi connectivity index (χ2n) is 5.03. The normalized spacial score (nSPS) is 12.5. The van der Waals surface area contributed by atoms with Crippen molar-refractivity contribution in [3.63, 3.8) is 0 Å². The molecule has 7 heteroatoms. The molecule has 2 aromatic rings. The maximum absolute atomic E-state index is 12.7. The summed E-state index contributed by atoms with van der Waals surface area (Å²) < 4.78 is 48.6. The number of carboxylic acid groups (broad SMARTS) is 1. The maximum Gasteiger partial charge on any atom is 0.416 e. The SMILES string of the molecule is COc1cccc(OC(Cc2cccc(C(F)(F)F)c2)C(=O)O)c1. The zero-order chi connectivity index (χ0) is 17.7. The van der Waals surface area contributed by atoms with Crippen LogP contribution in [-0.2, 0) is 17.4 Å². The summed E-state index contributed by atoms with van der Waals surface area (Å²) in [6.45, 7) is 0. The fraction of sp³-hybridized carbons (Fsp3) is 0.235. The molecule has 0 saturated carbocycles. The lowest BCUT2D eigenvalue weighted by atomic mass is 10.0. The number of benzene rings is 2. The highest BCUT2D eigenvalue weighted by atomic mass is 19.4. The van der Waals surface area contributed by atoms with E-state index in [0.29, 0.717) is 5.75 Å². The van der Waals surface area contributed by atoms with Gasteiger partial charge in [-0.1, -0.05) is 24.3 Å². The number of halogens is 3. The summed E-state index contributed by atoms with van der Waals surface area (Å²) in [5.41, 5.74) is -0.606. The first-order valence-corrected chi connectivity index (χ1v) is 6.99. The zero-order valence-corrected chi connectivity index (χ0v) is 12.7. The standard InChI is InChI=1S/C17H15F3O4/c1-23-13-6-3-7-14(10-13)24-15(16(21)22)9-11-4-2-5-12(8-11)17(18,19)20/h2-8,10,15H,9H2,1H3,(H,21,22). The number of hydrogen-bond acceptors (Lipinski definition) is 3. The summed E-state index contributed by atoms with van der Waals surface area (Å²) >= 11 is 0. The Bertz CT molecular complexity index is 713. The summed E-state index contributed by atoms with van der Waals surface area (Å²) in [5.74, 6) is -0.528. The Morgan fingerprint density at radius 3 is 2.42 bits per heavy atom. The Morgan fingerprint density at radius 1 is 1.12 bits per heavy atom. The van der Waals surface area contributed by atoms with E-state index in [1.54, 1.807) is 18.2 Å². The number of carboxylic acids is 1. The summed E-state index contributed by atoms with van der Waals surface area (Å²) in [5, 5.41) is 9.27. The minimum atomic E-state index is -4.48. The second-order valence-corrected chi connectivity index (χ2v) is 5.03. The van der Waals surface area contributed by atoms with Crippen LogP contribution in [0.25, 0.3) is 0 Å². The van der Waals surface area contributed by atoms with Crippen molar-refractivity contribution in [1.29, 1.82) is 0 Å². The Hall–Kier alpha value is -2.70. The second kappa shape index (κ2) is 7.25. The largest absolute Gasteiger partial charge is 0.497 e. The number of hydrogen-bond donors (Lipinski definition) is 1. The monoisotopic (exact) mass is 340 g/mol. The predicted molar refractivity (Wildman–Crippen MR) is 80.2 cm³/mol. The Balaban J connectivity index is 2.18. The van der Waals surface area contributed by atoms with Crippen molar-refractivity contribution in [2.24, 2.45) is 0 Å². The molecule has 4 nitrogen and oxygen atoms in total. The van der Waals surface area contributed by atoms with Crippen LogP contribution in [0, 0.1) is 0 Å². The van der Waals surface area contributed by atoms with Gasteiger partial charge in [0.05, 0.1) is 12.7 Å². The van der Waals surface area contributed by atoms with Crippen LogP contribution in [0.1, 0.15) is 11.1 Å². The number of ether oxygens (including phenoxy) is 2. The molecule has 0 heterocycles. The van der Waals surface area contributed by atoms with E-state index in [1.807, 2.05) is 0 Å². The van der Waals surface area contributed by atoms with E-state index in [0.717, 1.165) is 12.1 Å². The lowest BCUT2D eigenvalue weighted by Gasteiger charge is -2.16. The van der Waals surface area contributed by atoms with Crippen LogP contribution in [0.2, 0.25) is 0 Å². The molecule has 0 aliphatic carbocycles. The van der Waals surface area contributed by atoms with Crippen LogP contribution in [0.15, 0.2) is 48.5 Å². The first-order valence-electron chi connectivity index (χ1n) is 6.99. The number of rotatable bonds is 6. The highest BCUT2D eigenvalue weighted by Crippen LogP contribution is 2.30. The van der Waals surface area contributed by atoms with E-state index in [4.69, 9.17) is 9.47 Å². The Morgan fingerprint density at radius 2 is 1.79 bits per heavy atom. The molecule has 0 amide bonds. The van der Waals surface area contributed by atoms with Gasteiger partial charge in [-0.3, -0.25) is 0 Å². The average molecular weight is 340 g/mol. The van der Waals surface area contributed by atoms with Crippen LogP contribution >= 0.6 is 0 Å². The zero-order valence-electron chi connectivity index (χ0n) is 12.7. The smallest absolute Gasteiger partial charge is 0.416 e. The number of carbonyl (C=O) groups is 1. The molecule has 0 spiro atoms. The highest BCUT2D eigenvalue weighted by molar-refractivity contribution is 5.73. The van der Waals surface area contributed by atoms with Crippen molar-refractivity contribution in [1.82, 2.24) is 0 Å². The van der Waals surface area contributed by atoms with Gasteiger partial charge in [0, 0.05) is 12.5 Å². The van der Waals surface area contributed by atoms with E-state index >= 15 is 0 Å².